The Morgan fingerprint density at radius 3 is 2.57 bits per heavy atom. The van der Waals surface area contributed by atoms with Crippen molar-refractivity contribution in [3.05, 3.63) is 39.9 Å². The zero-order valence-electron chi connectivity index (χ0n) is 16.1. The molecule has 0 radical (unpaired) electrons. The van der Waals surface area contributed by atoms with Gasteiger partial charge in [0.1, 0.15) is 0 Å². The maximum Gasteiger partial charge on any atom is 0.269 e. The Bertz CT molecular complexity index is 780. The largest absolute Gasteiger partial charge is 0.357 e. The Hall–Kier alpha value is -1.47. The molecule has 1 aromatic carbocycles. The summed E-state index contributed by atoms with van der Waals surface area (Å²) in [4.78, 5) is 15.0. The normalized spacial score (nSPS) is 16.3. The summed E-state index contributed by atoms with van der Waals surface area (Å²) in [7, 11) is -3.14. The number of sulfonamides is 1. The van der Waals surface area contributed by atoms with Crippen molar-refractivity contribution in [2.75, 3.05) is 25.4 Å². The lowest BCUT2D eigenvalue weighted by Crippen LogP contribution is -2.50. The van der Waals surface area contributed by atoms with E-state index in [1.807, 2.05) is 6.92 Å². The van der Waals surface area contributed by atoms with Crippen molar-refractivity contribution in [3.63, 3.8) is 0 Å². The molecule has 1 heterocycles. The highest BCUT2D eigenvalue weighted by atomic mass is 127. The molecule has 0 atom stereocenters. The summed E-state index contributed by atoms with van der Waals surface area (Å²) in [5.74, 6) is 0.749. The standard InChI is InChI=1S/C17H27N5O4S.HI/c1-3-18-17(19-13-14-6-5-7-16(12-14)22(23)24)20-15-8-10-21(11-9-15)27(25,26)4-2;/h5-7,12,15H,3-4,8-11,13H2,1-2H3,(H2,18,19,20);1H. The van der Waals surface area contributed by atoms with Crippen molar-refractivity contribution in [2.45, 2.75) is 39.3 Å². The Morgan fingerprint density at radius 2 is 2.00 bits per heavy atom. The SMILES string of the molecule is CCNC(=NCc1cccc([N+](=O)[O-])c1)NC1CCN(S(=O)(=O)CC)CC1.I. The quantitative estimate of drug-likeness (QED) is 0.185. The highest BCUT2D eigenvalue weighted by Crippen LogP contribution is 2.15. The van der Waals surface area contributed by atoms with Gasteiger partial charge in [0, 0.05) is 37.8 Å². The van der Waals surface area contributed by atoms with Crippen LogP contribution in [-0.4, -0.2) is 55.0 Å². The molecule has 1 fully saturated rings. The van der Waals surface area contributed by atoms with Crippen molar-refractivity contribution in [2.24, 2.45) is 4.99 Å². The topological polar surface area (TPSA) is 117 Å². The Labute approximate surface area is 183 Å². The molecule has 1 aliphatic heterocycles. The van der Waals surface area contributed by atoms with E-state index in [0.717, 1.165) is 5.56 Å². The van der Waals surface area contributed by atoms with E-state index in [2.05, 4.69) is 15.6 Å². The Morgan fingerprint density at radius 1 is 1.32 bits per heavy atom. The third-order valence-electron chi connectivity index (χ3n) is 4.44. The van der Waals surface area contributed by atoms with Gasteiger partial charge in [-0.1, -0.05) is 12.1 Å². The van der Waals surface area contributed by atoms with Crippen LogP contribution in [-0.2, 0) is 16.6 Å². The summed E-state index contributed by atoms with van der Waals surface area (Å²) in [5.41, 5.74) is 0.801. The van der Waals surface area contributed by atoms with Gasteiger partial charge in [-0.2, -0.15) is 0 Å². The molecule has 2 N–H and O–H groups in total. The third-order valence-corrected chi connectivity index (χ3v) is 6.32. The molecule has 0 unspecified atom stereocenters. The average Bonchev–Trinajstić information content (AvgIpc) is 2.67. The van der Waals surface area contributed by atoms with Crippen molar-refractivity contribution in [1.82, 2.24) is 14.9 Å². The van der Waals surface area contributed by atoms with Crippen LogP contribution in [0.3, 0.4) is 0 Å². The third kappa shape index (κ3) is 7.17. The summed E-state index contributed by atoms with van der Waals surface area (Å²) in [6.45, 7) is 5.62. The van der Waals surface area contributed by atoms with Crippen molar-refractivity contribution < 1.29 is 13.3 Å². The first kappa shape index (κ1) is 24.6. The predicted molar refractivity (Wildman–Crippen MR) is 121 cm³/mol. The number of hydrogen-bond acceptors (Lipinski definition) is 5. The Kier molecular flexibility index (Phi) is 10.1. The van der Waals surface area contributed by atoms with E-state index in [-0.39, 0.29) is 41.5 Å². The second kappa shape index (κ2) is 11.5. The van der Waals surface area contributed by atoms with Crippen molar-refractivity contribution >= 4 is 45.6 Å². The number of guanidine groups is 1. The highest BCUT2D eigenvalue weighted by Gasteiger charge is 2.26. The summed E-state index contributed by atoms with van der Waals surface area (Å²) in [6.07, 6.45) is 1.42. The summed E-state index contributed by atoms with van der Waals surface area (Å²) in [6, 6.07) is 6.55. The summed E-state index contributed by atoms with van der Waals surface area (Å²) >= 11 is 0. The zero-order chi connectivity index (χ0) is 19.9. The first-order chi connectivity index (χ1) is 12.9. The molecule has 0 amide bonds. The van der Waals surface area contributed by atoms with E-state index in [0.29, 0.717) is 45.0 Å². The second-order valence-corrected chi connectivity index (χ2v) is 8.60. The van der Waals surface area contributed by atoms with Crippen LogP contribution in [0, 0.1) is 10.1 Å². The molecule has 1 aromatic rings. The van der Waals surface area contributed by atoms with Crippen LogP contribution in [0.15, 0.2) is 29.3 Å². The highest BCUT2D eigenvalue weighted by molar-refractivity contribution is 14.0. The maximum atomic E-state index is 11.9. The van der Waals surface area contributed by atoms with Crippen LogP contribution in [0.25, 0.3) is 0 Å². The number of nitrogens with one attached hydrogen (secondary N) is 2. The Balaban J connectivity index is 0.00000392. The van der Waals surface area contributed by atoms with E-state index in [4.69, 9.17) is 0 Å². The van der Waals surface area contributed by atoms with Gasteiger partial charge in [-0.15, -0.1) is 24.0 Å². The molecule has 1 saturated heterocycles. The molecule has 2 rings (SSSR count). The zero-order valence-corrected chi connectivity index (χ0v) is 19.3. The minimum Gasteiger partial charge on any atom is -0.357 e. The molecule has 0 aliphatic carbocycles. The number of nitrogens with zero attached hydrogens (tertiary/aromatic N) is 3. The second-order valence-electron chi connectivity index (χ2n) is 6.34. The van der Waals surface area contributed by atoms with Crippen molar-refractivity contribution in [1.29, 1.82) is 0 Å². The van der Waals surface area contributed by atoms with E-state index >= 15 is 0 Å². The lowest BCUT2D eigenvalue weighted by molar-refractivity contribution is -0.384. The lowest BCUT2D eigenvalue weighted by Gasteiger charge is -2.32. The molecule has 0 aromatic heterocycles. The molecular formula is C17H28IN5O4S. The summed E-state index contributed by atoms with van der Waals surface area (Å²) in [5, 5.41) is 17.4. The van der Waals surface area contributed by atoms with Crippen LogP contribution in [0.4, 0.5) is 5.69 Å². The van der Waals surface area contributed by atoms with E-state index in [1.165, 1.54) is 12.1 Å². The van der Waals surface area contributed by atoms with Crippen LogP contribution in [0.2, 0.25) is 0 Å². The van der Waals surface area contributed by atoms with Crippen LogP contribution in [0.1, 0.15) is 32.3 Å². The monoisotopic (exact) mass is 525 g/mol. The van der Waals surface area contributed by atoms with Gasteiger partial charge < -0.3 is 10.6 Å². The molecule has 158 valence electrons. The minimum atomic E-state index is -3.14. The molecule has 9 nitrogen and oxygen atoms in total. The van der Waals surface area contributed by atoms with Gasteiger partial charge in [0.15, 0.2) is 5.96 Å². The van der Waals surface area contributed by atoms with Gasteiger partial charge in [-0.25, -0.2) is 17.7 Å². The van der Waals surface area contributed by atoms with E-state index in [9.17, 15) is 18.5 Å². The van der Waals surface area contributed by atoms with Gasteiger partial charge in [0.2, 0.25) is 10.0 Å². The number of benzene rings is 1. The minimum absolute atomic E-state index is 0. The fraction of sp³-hybridized carbons (Fsp3) is 0.588. The number of nitro groups is 1. The fourth-order valence-corrected chi connectivity index (χ4v) is 4.05. The lowest BCUT2D eigenvalue weighted by atomic mass is 10.1. The van der Waals surface area contributed by atoms with Gasteiger partial charge in [0.05, 0.1) is 17.2 Å². The molecular weight excluding hydrogens is 497 g/mol. The number of non-ortho nitro benzene ring substituents is 1. The average molecular weight is 525 g/mol. The molecule has 0 bridgehead atoms. The molecule has 0 spiro atoms. The van der Waals surface area contributed by atoms with Gasteiger partial charge >= 0.3 is 0 Å². The number of aliphatic imine (C=N–C) groups is 1. The molecule has 0 saturated carbocycles. The van der Waals surface area contributed by atoms with E-state index in [1.54, 1.807) is 23.4 Å². The number of piperidine rings is 1. The molecule has 1 aliphatic rings. The van der Waals surface area contributed by atoms with Crippen LogP contribution >= 0.6 is 24.0 Å². The van der Waals surface area contributed by atoms with Crippen LogP contribution in [0.5, 0.6) is 0 Å². The number of rotatable bonds is 7. The smallest absolute Gasteiger partial charge is 0.269 e. The first-order valence-corrected chi connectivity index (χ1v) is 10.7. The predicted octanol–water partition coefficient (Wildman–Crippen LogP) is 2.08. The van der Waals surface area contributed by atoms with Crippen LogP contribution < -0.4 is 10.6 Å². The van der Waals surface area contributed by atoms with Crippen molar-refractivity contribution in [3.8, 4) is 0 Å². The summed E-state index contributed by atoms with van der Waals surface area (Å²) < 4.78 is 25.4. The maximum absolute atomic E-state index is 11.9. The number of hydrogen-bond donors (Lipinski definition) is 2. The van der Waals surface area contributed by atoms with Gasteiger partial charge in [-0.05, 0) is 32.3 Å². The molecule has 11 heteroatoms. The molecule has 28 heavy (non-hydrogen) atoms. The van der Waals surface area contributed by atoms with Gasteiger partial charge in [-0.3, -0.25) is 10.1 Å². The van der Waals surface area contributed by atoms with E-state index < -0.39 is 14.9 Å². The number of nitro benzene ring substituents is 1. The van der Waals surface area contributed by atoms with Gasteiger partial charge in [0.25, 0.3) is 5.69 Å². The number of halogens is 1. The first-order valence-electron chi connectivity index (χ1n) is 9.11. The fourth-order valence-electron chi connectivity index (χ4n) is 2.91.